The Balaban J connectivity index is 3.02. The van der Waals surface area contributed by atoms with Gasteiger partial charge in [-0.15, -0.1) is 0 Å². The van der Waals surface area contributed by atoms with Gasteiger partial charge in [0.05, 0.1) is 14.2 Å². The molecule has 114 valence electrons. The fraction of sp³-hybridized carbons (Fsp3) is 0.400. The summed E-state index contributed by atoms with van der Waals surface area (Å²) in [6.45, 7) is 3.10. The summed E-state index contributed by atoms with van der Waals surface area (Å²) >= 11 is 0. The van der Waals surface area contributed by atoms with Crippen LogP contribution in [0.25, 0.3) is 0 Å². The Bertz CT molecular complexity index is 535. The molecule has 6 heteroatoms. The van der Waals surface area contributed by atoms with Crippen molar-refractivity contribution in [3.63, 3.8) is 0 Å². The van der Waals surface area contributed by atoms with Crippen molar-refractivity contribution < 1.29 is 23.9 Å². The second-order valence-electron chi connectivity index (χ2n) is 4.63. The lowest BCUT2D eigenvalue weighted by molar-refractivity contribution is -0.144. The van der Waals surface area contributed by atoms with Gasteiger partial charge in [0.25, 0.3) is 5.91 Å². The molecule has 0 heterocycles. The van der Waals surface area contributed by atoms with E-state index >= 15 is 0 Å². The Labute approximate surface area is 123 Å². The molecule has 0 bridgehead atoms. The fourth-order valence-corrected chi connectivity index (χ4v) is 1.86. The number of carbonyl (C=O) groups is 3. The van der Waals surface area contributed by atoms with E-state index in [9.17, 15) is 14.4 Å². The number of hydrogen-bond donors (Lipinski definition) is 0. The predicted molar refractivity (Wildman–Crippen MR) is 75.9 cm³/mol. The number of rotatable bonds is 5. The van der Waals surface area contributed by atoms with E-state index < -0.39 is 17.8 Å². The number of nitrogens with zero attached hydrogens (tertiary/aromatic N) is 1. The van der Waals surface area contributed by atoms with Crippen molar-refractivity contribution in [2.24, 2.45) is 0 Å². The number of hydrogen-bond acceptors (Lipinski definition) is 5. The predicted octanol–water partition coefficient (Wildman–Crippen LogP) is 1.09. The number of methoxy groups -OCH3 is 2. The summed E-state index contributed by atoms with van der Waals surface area (Å²) < 4.78 is 9.09. The SMILES string of the molecule is COC(=O)CN(CC(=O)OC)C(=O)c1ccc(C)cc1C. The molecule has 0 radical (unpaired) electrons. The van der Waals surface area contributed by atoms with Crippen LogP contribution in [0.5, 0.6) is 0 Å². The molecule has 0 unspecified atom stereocenters. The first-order valence-electron chi connectivity index (χ1n) is 6.39. The highest BCUT2D eigenvalue weighted by atomic mass is 16.5. The van der Waals surface area contributed by atoms with E-state index in [-0.39, 0.29) is 13.1 Å². The number of aryl methyl sites for hydroxylation is 2. The second kappa shape index (κ2) is 7.42. The van der Waals surface area contributed by atoms with Gasteiger partial charge >= 0.3 is 11.9 Å². The van der Waals surface area contributed by atoms with Crippen molar-refractivity contribution in [3.05, 3.63) is 34.9 Å². The summed E-state index contributed by atoms with van der Waals surface area (Å²) in [5, 5.41) is 0. The molecule has 0 fully saturated rings. The normalized spacial score (nSPS) is 9.90. The zero-order valence-electron chi connectivity index (χ0n) is 12.6. The maximum absolute atomic E-state index is 12.5. The lowest BCUT2D eigenvalue weighted by Gasteiger charge is -2.21. The van der Waals surface area contributed by atoms with Gasteiger partial charge in [0.1, 0.15) is 13.1 Å². The maximum Gasteiger partial charge on any atom is 0.325 e. The van der Waals surface area contributed by atoms with Crippen LogP contribution in [-0.4, -0.2) is 50.1 Å². The molecule has 0 aliphatic carbocycles. The molecule has 6 nitrogen and oxygen atoms in total. The second-order valence-corrected chi connectivity index (χ2v) is 4.63. The van der Waals surface area contributed by atoms with Crippen LogP contribution in [0.1, 0.15) is 21.5 Å². The first-order chi connectivity index (χ1) is 9.88. The van der Waals surface area contributed by atoms with Gasteiger partial charge in [0, 0.05) is 5.56 Å². The number of amides is 1. The van der Waals surface area contributed by atoms with E-state index in [4.69, 9.17) is 0 Å². The minimum absolute atomic E-state index is 0.308. The molecule has 0 aliphatic rings. The van der Waals surface area contributed by atoms with Gasteiger partial charge in [-0.1, -0.05) is 17.7 Å². The summed E-state index contributed by atoms with van der Waals surface area (Å²) in [6.07, 6.45) is 0. The molecule has 0 saturated heterocycles. The molecule has 0 atom stereocenters. The molecule has 0 N–H and O–H groups in total. The number of carbonyl (C=O) groups excluding carboxylic acids is 3. The standard InChI is InChI=1S/C15H19NO5/c1-10-5-6-12(11(2)7-10)15(19)16(8-13(17)20-3)9-14(18)21-4/h5-7H,8-9H2,1-4H3. The third-order valence-electron chi connectivity index (χ3n) is 2.99. The maximum atomic E-state index is 12.5. The quantitative estimate of drug-likeness (QED) is 0.760. The van der Waals surface area contributed by atoms with Gasteiger partial charge in [-0.2, -0.15) is 0 Å². The molecule has 0 aromatic heterocycles. The van der Waals surface area contributed by atoms with Crippen molar-refractivity contribution in [1.82, 2.24) is 4.90 Å². The lowest BCUT2D eigenvalue weighted by Crippen LogP contribution is -2.40. The third kappa shape index (κ3) is 4.59. The zero-order chi connectivity index (χ0) is 16.0. The minimum atomic E-state index is -0.600. The first-order valence-corrected chi connectivity index (χ1v) is 6.39. The summed E-state index contributed by atoms with van der Waals surface area (Å²) in [5.74, 6) is -1.61. The van der Waals surface area contributed by atoms with Gasteiger partial charge in [-0.3, -0.25) is 14.4 Å². The van der Waals surface area contributed by atoms with E-state index in [2.05, 4.69) is 9.47 Å². The molecule has 0 saturated carbocycles. The Morgan fingerprint density at radius 3 is 1.95 bits per heavy atom. The molecule has 21 heavy (non-hydrogen) atoms. The van der Waals surface area contributed by atoms with E-state index in [1.165, 1.54) is 14.2 Å². The van der Waals surface area contributed by atoms with Gasteiger partial charge in [0.15, 0.2) is 0 Å². The molecule has 0 spiro atoms. The van der Waals surface area contributed by atoms with Gasteiger partial charge in [-0.05, 0) is 25.5 Å². The topological polar surface area (TPSA) is 72.9 Å². The zero-order valence-corrected chi connectivity index (χ0v) is 12.6. The van der Waals surface area contributed by atoms with Crippen LogP contribution in [0.2, 0.25) is 0 Å². The average molecular weight is 293 g/mol. The Morgan fingerprint density at radius 2 is 1.52 bits per heavy atom. The van der Waals surface area contributed by atoms with Crippen LogP contribution in [0, 0.1) is 13.8 Å². The molecular formula is C15H19NO5. The van der Waals surface area contributed by atoms with Crippen molar-refractivity contribution in [2.75, 3.05) is 27.3 Å². The van der Waals surface area contributed by atoms with Crippen molar-refractivity contribution in [3.8, 4) is 0 Å². The molecular weight excluding hydrogens is 274 g/mol. The van der Waals surface area contributed by atoms with Crippen LogP contribution in [0.15, 0.2) is 18.2 Å². The summed E-state index contributed by atoms with van der Waals surface area (Å²) in [4.78, 5) is 36.4. The van der Waals surface area contributed by atoms with Crippen LogP contribution in [-0.2, 0) is 19.1 Å². The Morgan fingerprint density at radius 1 is 1.00 bits per heavy atom. The molecule has 1 aromatic rings. The van der Waals surface area contributed by atoms with Gasteiger partial charge in [0.2, 0.25) is 0 Å². The number of benzene rings is 1. The van der Waals surface area contributed by atoms with Crippen LogP contribution >= 0.6 is 0 Å². The molecule has 0 aliphatic heterocycles. The van der Waals surface area contributed by atoms with Gasteiger partial charge < -0.3 is 14.4 Å². The summed E-state index contributed by atoms with van der Waals surface area (Å²) in [7, 11) is 2.44. The summed E-state index contributed by atoms with van der Waals surface area (Å²) in [6, 6.07) is 5.34. The van der Waals surface area contributed by atoms with Crippen LogP contribution < -0.4 is 0 Å². The van der Waals surface area contributed by atoms with Crippen molar-refractivity contribution in [2.45, 2.75) is 13.8 Å². The fourth-order valence-electron chi connectivity index (χ4n) is 1.86. The Kier molecular flexibility index (Phi) is 5.90. The first kappa shape index (κ1) is 16.7. The smallest absolute Gasteiger partial charge is 0.325 e. The van der Waals surface area contributed by atoms with Crippen molar-refractivity contribution >= 4 is 17.8 Å². The number of esters is 2. The minimum Gasteiger partial charge on any atom is -0.468 e. The van der Waals surface area contributed by atoms with E-state index in [1.807, 2.05) is 13.0 Å². The molecule has 1 aromatic carbocycles. The lowest BCUT2D eigenvalue weighted by atomic mass is 10.0. The highest BCUT2D eigenvalue weighted by molar-refractivity contribution is 5.98. The van der Waals surface area contributed by atoms with E-state index in [0.29, 0.717) is 5.56 Å². The molecule has 1 rings (SSSR count). The van der Waals surface area contributed by atoms with E-state index in [1.54, 1.807) is 19.1 Å². The Hall–Kier alpha value is -2.37. The van der Waals surface area contributed by atoms with E-state index in [0.717, 1.165) is 16.0 Å². The average Bonchev–Trinajstić information content (AvgIpc) is 2.45. The monoisotopic (exact) mass is 293 g/mol. The van der Waals surface area contributed by atoms with Crippen LogP contribution in [0.3, 0.4) is 0 Å². The number of ether oxygens (including phenoxy) is 2. The van der Waals surface area contributed by atoms with Crippen LogP contribution in [0.4, 0.5) is 0 Å². The van der Waals surface area contributed by atoms with Gasteiger partial charge in [-0.25, -0.2) is 0 Å². The largest absolute Gasteiger partial charge is 0.468 e. The highest BCUT2D eigenvalue weighted by Gasteiger charge is 2.23. The van der Waals surface area contributed by atoms with Crippen molar-refractivity contribution in [1.29, 1.82) is 0 Å². The summed E-state index contributed by atoms with van der Waals surface area (Å²) in [5.41, 5.74) is 2.24. The highest BCUT2D eigenvalue weighted by Crippen LogP contribution is 2.13. The molecule has 1 amide bonds. The third-order valence-corrected chi connectivity index (χ3v) is 2.99.